The number of phenolic OH excluding ortho intramolecular Hbond substituents is 1. The Balaban J connectivity index is 1.48. The Bertz CT molecular complexity index is 2120. The number of allylic oxidation sites excluding steroid dienone is 2. The second-order valence-corrected chi connectivity index (χ2v) is 13.9. The number of phenols is 1. The SMILES string of the molecule is COc1cc([C@H]2C3=CC[C@@H]4C(=O)N(C(N)=O)C(=O)[C@@H]4[C@@H]3C[C@H]3C(=O)N(Nc4ncc(C(F)(F)F)cc4Cl)C(=O)[C@@]23c2ccc(Cl)cc2)cc(OC)c1O. The zero-order valence-electron chi connectivity index (χ0n) is 27.6. The third kappa shape index (κ3) is 5.29. The summed E-state index contributed by atoms with van der Waals surface area (Å²) in [6, 6.07) is 8.38. The first-order valence-electron chi connectivity index (χ1n) is 16.0. The van der Waals surface area contributed by atoms with E-state index in [2.05, 4.69) is 10.4 Å². The Labute approximate surface area is 308 Å². The molecule has 0 radical (unpaired) electrons. The summed E-state index contributed by atoms with van der Waals surface area (Å²) in [7, 11) is 2.59. The van der Waals surface area contributed by atoms with Gasteiger partial charge in [-0.25, -0.2) is 9.78 Å². The molecule has 1 aromatic heterocycles. The molecule has 0 bridgehead atoms. The molecule has 0 spiro atoms. The Kier molecular flexibility index (Phi) is 8.60. The number of hydrazine groups is 1. The molecule has 2 saturated heterocycles. The van der Waals surface area contributed by atoms with Gasteiger partial charge in [0.25, 0.3) is 11.8 Å². The van der Waals surface area contributed by atoms with Crippen LogP contribution < -0.4 is 20.6 Å². The van der Waals surface area contributed by atoms with Crippen LogP contribution in [-0.4, -0.2) is 63.9 Å². The van der Waals surface area contributed by atoms with E-state index in [1.807, 2.05) is 0 Å². The maximum Gasteiger partial charge on any atom is 0.417 e. The summed E-state index contributed by atoms with van der Waals surface area (Å²) in [5.41, 5.74) is 6.00. The van der Waals surface area contributed by atoms with Crippen LogP contribution in [0.25, 0.3) is 0 Å². The number of nitrogens with two attached hydrogens (primary N) is 1. The predicted octanol–water partition coefficient (Wildman–Crippen LogP) is 5.19. The number of aromatic hydroxyl groups is 1. The molecule has 0 unspecified atom stereocenters. The number of amides is 6. The van der Waals surface area contributed by atoms with E-state index in [0.29, 0.717) is 43.9 Å². The topological polar surface area (TPSA) is 181 Å². The number of pyridine rings is 1. The van der Waals surface area contributed by atoms with Crippen molar-refractivity contribution in [1.29, 1.82) is 0 Å². The van der Waals surface area contributed by atoms with Crippen LogP contribution in [0.2, 0.25) is 10.0 Å². The van der Waals surface area contributed by atoms with E-state index < -0.39 is 87.2 Å². The number of fused-ring (bicyclic) bond motifs is 4. The molecule has 2 aliphatic heterocycles. The fraction of sp³-hybridized carbons (Fsp3) is 0.314. The molecule has 7 rings (SSSR count). The van der Waals surface area contributed by atoms with Crippen molar-refractivity contribution in [2.75, 3.05) is 19.6 Å². The molecular formula is C35H28Cl2F3N5O8. The highest BCUT2D eigenvalue weighted by molar-refractivity contribution is 6.33. The summed E-state index contributed by atoms with van der Waals surface area (Å²) in [4.78, 5) is 73.5. The van der Waals surface area contributed by atoms with Crippen molar-refractivity contribution in [3.8, 4) is 17.2 Å². The minimum atomic E-state index is -4.79. The number of urea groups is 1. The first-order chi connectivity index (χ1) is 25.1. The number of methoxy groups -OCH3 is 2. The molecule has 53 heavy (non-hydrogen) atoms. The average Bonchev–Trinajstić information content (AvgIpc) is 3.50. The normalized spacial score (nSPS) is 26.5. The van der Waals surface area contributed by atoms with Gasteiger partial charge in [0.05, 0.1) is 48.0 Å². The van der Waals surface area contributed by atoms with E-state index in [-0.39, 0.29) is 30.1 Å². The number of aromatic nitrogens is 1. The summed E-state index contributed by atoms with van der Waals surface area (Å²) in [5, 5.41) is 11.3. The molecule has 3 aromatic rings. The standard InChI is InChI=1S/C35H28Cl2F3N5O8/c1-52-23-9-14(10-24(53-2)27(23)46)26-18-7-8-19-25(31(49)44(29(19)47)33(41)51)20(18)12-21-30(48)45(32(50)34(21,26)15-3-5-17(36)6-4-15)43-28-22(37)11-16(13-42-28)35(38,39)40/h3-7,9-11,13,19-21,25-26,46H,8,12H2,1-2H3,(H2,41,51)(H,42,43)/t19-,20+,21-,25-,26-,34+/m0/s1. The quantitative estimate of drug-likeness (QED) is 0.223. The molecule has 6 atom stereocenters. The van der Waals surface area contributed by atoms with Gasteiger partial charge in [0, 0.05) is 17.1 Å². The molecule has 3 fully saturated rings. The summed E-state index contributed by atoms with van der Waals surface area (Å²) < 4.78 is 51.2. The Morgan fingerprint density at radius 1 is 1.00 bits per heavy atom. The number of likely N-dealkylation sites (tertiary alicyclic amines) is 1. The summed E-state index contributed by atoms with van der Waals surface area (Å²) in [6.45, 7) is 0. The second kappa shape index (κ2) is 12.7. The number of halogens is 5. The van der Waals surface area contributed by atoms with Crippen molar-refractivity contribution in [1.82, 2.24) is 14.9 Å². The van der Waals surface area contributed by atoms with E-state index >= 15 is 4.79 Å². The van der Waals surface area contributed by atoms with E-state index in [1.54, 1.807) is 18.2 Å². The molecule has 18 heteroatoms. The number of imide groups is 4. The maximum atomic E-state index is 15.2. The van der Waals surface area contributed by atoms with Gasteiger partial charge in [-0.05, 0) is 60.2 Å². The molecule has 4 N–H and O–H groups in total. The predicted molar refractivity (Wildman–Crippen MR) is 180 cm³/mol. The number of rotatable bonds is 6. The van der Waals surface area contributed by atoms with Crippen molar-refractivity contribution in [2.24, 2.45) is 29.4 Å². The van der Waals surface area contributed by atoms with Gasteiger partial charge in [0.15, 0.2) is 17.3 Å². The molecule has 276 valence electrons. The van der Waals surface area contributed by atoms with E-state index in [4.69, 9.17) is 38.4 Å². The smallest absolute Gasteiger partial charge is 0.417 e. The number of hydrogen-bond donors (Lipinski definition) is 3. The van der Waals surface area contributed by atoms with Gasteiger partial charge < -0.3 is 20.3 Å². The van der Waals surface area contributed by atoms with Gasteiger partial charge >= 0.3 is 12.2 Å². The highest BCUT2D eigenvalue weighted by atomic mass is 35.5. The van der Waals surface area contributed by atoms with Crippen molar-refractivity contribution in [3.63, 3.8) is 0 Å². The molecule has 13 nitrogen and oxygen atoms in total. The van der Waals surface area contributed by atoms with Gasteiger partial charge in [-0.2, -0.15) is 23.1 Å². The average molecular weight is 775 g/mol. The Morgan fingerprint density at radius 2 is 1.64 bits per heavy atom. The minimum absolute atomic E-state index is 0.0236. The van der Waals surface area contributed by atoms with E-state index in [9.17, 15) is 37.5 Å². The summed E-state index contributed by atoms with van der Waals surface area (Å²) in [5.74, 6) is -9.78. The Hall–Kier alpha value is -5.35. The van der Waals surface area contributed by atoms with Crippen molar-refractivity contribution in [2.45, 2.75) is 30.4 Å². The molecule has 1 saturated carbocycles. The van der Waals surface area contributed by atoms with Crippen molar-refractivity contribution < 1.29 is 51.7 Å². The number of primary amides is 1. The van der Waals surface area contributed by atoms with Gasteiger partial charge in [0.1, 0.15) is 0 Å². The maximum absolute atomic E-state index is 15.2. The number of ether oxygens (including phenoxy) is 2. The molecule has 4 aliphatic rings. The van der Waals surface area contributed by atoms with Crippen LogP contribution in [0.3, 0.4) is 0 Å². The lowest BCUT2D eigenvalue weighted by molar-refractivity contribution is -0.140. The second-order valence-electron chi connectivity index (χ2n) is 13.0. The number of nitrogens with one attached hydrogen (secondary N) is 1. The fourth-order valence-corrected chi connectivity index (χ4v) is 8.79. The third-order valence-electron chi connectivity index (χ3n) is 10.6. The van der Waals surface area contributed by atoms with Crippen LogP contribution in [0.4, 0.5) is 23.8 Å². The molecular weight excluding hydrogens is 746 g/mol. The third-order valence-corrected chi connectivity index (χ3v) is 11.2. The zero-order valence-corrected chi connectivity index (χ0v) is 29.1. The van der Waals surface area contributed by atoms with E-state index in [0.717, 1.165) is 0 Å². The van der Waals surface area contributed by atoms with Crippen molar-refractivity contribution >= 4 is 58.7 Å². The summed E-state index contributed by atoms with van der Waals surface area (Å²) >= 11 is 12.5. The number of nitrogens with zero attached hydrogens (tertiary/aromatic N) is 3. The van der Waals surface area contributed by atoms with Crippen molar-refractivity contribution in [3.05, 3.63) is 87.0 Å². The van der Waals surface area contributed by atoms with Crippen LogP contribution in [0, 0.1) is 23.7 Å². The number of alkyl halides is 3. The van der Waals surface area contributed by atoms with Crippen LogP contribution in [-0.2, 0) is 30.8 Å². The molecule has 3 heterocycles. The Morgan fingerprint density at radius 3 is 2.21 bits per heavy atom. The highest BCUT2D eigenvalue weighted by Crippen LogP contribution is 2.65. The summed E-state index contributed by atoms with van der Waals surface area (Å²) in [6.07, 6.45) is -2.81. The van der Waals surface area contributed by atoms with Gasteiger partial charge in [-0.1, -0.05) is 47.0 Å². The largest absolute Gasteiger partial charge is 0.502 e. The zero-order chi connectivity index (χ0) is 38.3. The number of carbonyl (C=O) groups is 5. The lowest BCUT2D eigenvalue weighted by Crippen LogP contribution is -2.53. The fourth-order valence-electron chi connectivity index (χ4n) is 8.46. The lowest BCUT2D eigenvalue weighted by Gasteiger charge is -2.50. The monoisotopic (exact) mass is 773 g/mol. The number of benzene rings is 2. The van der Waals surface area contributed by atoms with Gasteiger partial charge in [-0.15, -0.1) is 0 Å². The van der Waals surface area contributed by atoms with Crippen LogP contribution >= 0.6 is 23.2 Å². The first-order valence-corrected chi connectivity index (χ1v) is 16.8. The highest BCUT2D eigenvalue weighted by Gasteiger charge is 2.70. The number of carbonyl (C=O) groups excluding carboxylic acids is 5. The minimum Gasteiger partial charge on any atom is -0.502 e. The van der Waals surface area contributed by atoms with Gasteiger partial charge in [0.2, 0.25) is 17.6 Å². The molecule has 2 aromatic carbocycles. The molecule has 6 amide bonds. The number of anilines is 1. The van der Waals surface area contributed by atoms with E-state index in [1.165, 1.54) is 38.5 Å². The van der Waals surface area contributed by atoms with Crippen LogP contribution in [0.5, 0.6) is 17.2 Å². The first kappa shape index (κ1) is 36.0. The van der Waals surface area contributed by atoms with Crippen LogP contribution in [0.1, 0.15) is 35.4 Å². The van der Waals surface area contributed by atoms with Gasteiger partial charge in [-0.3, -0.25) is 24.6 Å². The lowest BCUT2D eigenvalue weighted by atomic mass is 9.49. The van der Waals surface area contributed by atoms with Crippen LogP contribution in [0.15, 0.2) is 60.3 Å². The molecule has 2 aliphatic carbocycles. The number of hydrogen-bond acceptors (Lipinski definition) is 10.